The zero-order valence-electron chi connectivity index (χ0n) is 10.9. The Morgan fingerprint density at radius 1 is 1.25 bits per heavy atom. The molecule has 0 bridgehead atoms. The first kappa shape index (κ1) is 12.6. The molecule has 1 heterocycles. The SMILES string of the molecule is Cc1ccc(C(=O)Nc2nc3ccccc3s2)cc1N. The van der Waals surface area contributed by atoms with Crippen molar-refractivity contribution in [2.75, 3.05) is 11.1 Å². The van der Waals surface area contributed by atoms with Gasteiger partial charge in [-0.2, -0.15) is 0 Å². The highest BCUT2D eigenvalue weighted by Crippen LogP contribution is 2.26. The zero-order chi connectivity index (χ0) is 14.1. The number of benzene rings is 2. The normalized spacial score (nSPS) is 10.7. The lowest BCUT2D eigenvalue weighted by Gasteiger charge is -2.04. The number of aromatic nitrogens is 1. The number of amides is 1. The van der Waals surface area contributed by atoms with Gasteiger partial charge in [0.05, 0.1) is 10.2 Å². The number of nitrogen functional groups attached to an aromatic ring is 1. The zero-order valence-corrected chi connectivity index (χ0v) is 11.7. The van der Waals surface area contributed by atoms with Gasteiger partial charge in [0, 0.05) is 11.3 Å². The standard InChI is InChI=1S/C15H13N3OS/c1-9-6-7-10(8-11(9)16)14(19)18-15-17-12-4-2-3-5-13(12)20-15/h2-8H,16H2,1H3,(H,17,18,19). The summed E-state index contributed by atoms with van der Waals surface area (Å²) < 4.78 is 1.05. The van der Waals surface area contributed by atoms with Gasteiger partial charge in [-0.3, -0.25) is 10.1 Å². The number of rotatable bonds is 2. The van der Waals surface area contributed by atoms with Crippen LogP contribution in [0.2, 0.25) is 0 Å². The van der Waals surface area contributed by atoms with Gasteiger partial charge in [-0.05, 0) is 36.8 Å². The first-order chi connectivity index (χ1) is 9.63. The summed E-state index contributed by atoms with van der Waals surface area (Å²) in [7, 11) is 0. The summed E-state index contributed by atoms with van der Waals surface area (Å²) in [5.41, 5.74) is 8.81. The largest absolute Gasteiger partial charge is 0.398 e. The Bertz CT molecular complexity index is 762. The molecule has 0 saturated heterocycles. The molecule has 3 rings (SSSR count). The number of fused-ring (bicyclic) bond motifs is 1. The van der Waals surface area contributed by atoms with Crippen LogP contribution in [0.1, 0.15) is 15.9 Å². The summed E-state index contributed by atoms with van der Waals surface area (Å²) in [6, 6.07) is 13.0. The Kier molecular flexibility index (Phi) is 3.12. The van der Waals surface area contributed by atoms with E-state index >= 15 is 0 Å². The fourth-order valence-electron chi connectivity index (χ4n) is 1.88. The van der Waals surface area contributed by atoms with Crippen molar-refractivity contribution in [2.45, 2.75) is 6.92 Å². The first-order valence-corrected chi connectivity index (χ1v) is 6.98. The van der Waals surface area contributed by atoms with Crippen molar-refractivity contribution in [3.05, 3.63) is 53.6 Å². The molecule has 0 atom stereocenters. The highest BCUT2D eigenvalue weighted by Gasteiger charge is 2.10. The summed E-state index contributed by atoms with van der Waals surface area (Å²) in [6.07, 6.45) is 0. The van der Waals surface area contributed by atoms with Crippen molar-refractivity contribution < 1.29 is 4.79 Å². The average molecular weight is 283 g/mol. The lowest BCUT2D eigenvalue weighted by molar-refractivity contribution is 0.102. The number of carbonyl (C=O) groups is 1. The predicted molar refractivity (Wildman–Crippen MR) is 83.2 cm³/mol. The Morgan fingerprint density at radius 2 is 2.05 bits per heavy atom. The lowest BCUT2D eigenvalue weighted by Crippen LogP contribution is -2.12. The second kappa shape index (κ2) is 4.94. The Morgan fingerprint density at radius 3 is 2.80 bits per heavy atom. The molecule has 0 aliphatic rings. The number of anilines is 2. The van der Waals surface area contributed by atoms with Crippen molar-refractivity contribution in [1.29, 1.82) is 0 Å². The summed E-state index contributed by atoms with van der Waals surface area (Å²) in [5.74, 6) is -0.198. The molecule has 0 radical (unpaired) electrons. The van der Waals surface area contributed by atoms with Gasteiger partial charge in [0.15, 0.2) is 5.13 Å². The topological polar surface area (TPSA) is 68.0 Å². The van der Waals surface area contributed by atoms with Gasteiger partial charge in [-0.15, -0.1) is 0 Å². The van der Waals surface area contributed by atoms with E-state index in [1.807, 2.05) is 37.3 Å². The number of para-hydroxylation sites is 1. The van der Waals surface area contributed by atoms with Crippen LogP contribution in [0.5, 0.6) is 0 Å². The van der Waals surface area contributed by atoms with Crippen molar-refractivity contribution >= 4 is 38.3 Å². The van der Waals surface area contributed by atoms with E-state index in [0.29, 0.717) is 16.4 Å². The summed E-state index contributed by atoms with van der Waals surface area (Å²) in [5, 5.41) is 3.40. The quantitative estimate of drug-likeness (QED) is 0.708. The Labute approximate surface area is 120 Å². The summed E-state index contributed by atoms with van der Waals surface area (Å²) >= 11 is 1.45. The van der Waals surface area contributed by atoms with Crippen LogP contribution in [0.25, 0.3) is 10.2 Å². The van der Waals surface area contributed by atoms with Crippen LogP contribution in [0.3, 0.4) is 0 Å². The smallest absolute Gasteiger partial charge is 0.257 e. The Hall–Kier alpha value is -2.40. The molecule has 0 aliphatic heterocycles. The van der Waals surface area contributed by atoms with Crippen LogP contribution in [0, 0.1) is 6.92 Å². The molecule has 2 aromatic carbocycles. The van der Waals surface area contributed by atoms with Crippen LogP contribution < -0.4 is 11.1 Å². The molecule has 20 heavy (non-hydrogen) atoms. The van der Waals surface area contributed by atoms with Crippen LogP contribution >= 0.6 is 11.3 Å². The summed E-state index contributed by atoms with van der Waals surface area (Å²) in [6.45, 7) is 1.91. The third kappa shape index (κ3) is 2.35. The second-order valence-electron chi connectivity index (χ2n) is 4.51. The number of nitrogens with one attached hydrogen (secondary N) is 1. The maximum Gasteiger partial charge on any atom is 0.257 e. The van der Waals surface area contributed by atoms with Gasteiger partial charge in [0.1, 0.15) is 0 Å². The molecular weight excluding hydrogens is 270 g/mol. The van der Waals surface area contributed by atoms with E-state index in [9.17, 15) is 4.79 Å². The van der Waals surface area contributed by atoms with E-state index in [0.717, 1.165) is 15.8 Å². The maximum absolute atomic E-state index is 12.2. The number of aryl methyl sites for hydroxylation is 1. The minimum Gasteiger partial charge on any atom is -0.398 e. The fourth-order valence-corrected chi connectivity index (χ4v) is 2.74. The number of nitrogens with zero attached hydrogens (tertiary/aromatic N) is 1. The van der Waals surface area contributed by atoms with Crippen molar-refractivity contribution in [3.8, 4) is 0 Å². The average Bonchev–Trinajstić information content (AvgIpc) is 2.83. The van der Waals surface area contributed by atoms with Crippen LogP contribution in [-0.4, -0.2) is 10.9 Å². The van der Waals surface area contributed by atoms with Gasteiger partial charge >= 0.3 is 0 Å². The van der Waals surface area contributed by atoms with Crippen LogP contribution in [0.4, 0.5) is 10.8 Å². The minimum absolute atomic E-state index is 0.198. The van der Waals surface area contributed by atoms with Crippen molar-refractivity contribution in [3.63, 3.8) is 0 Å². The molecule has 0 spiro atoms. The van der Waals surface area contributed by atoms with E-state index in [2.05, 4.69) is 10.3 Å². The maximum atomic E-state index is 12.2. The number of carbonyl (C=O) groups excluding carboxylic acids is 1. The third-order valence-corrected chi connectivity index (χ3v) is 4.01. The number of hydrogen-bond acceptors (Lipinski definition) is 4. The Balaban J connectivity index is 1.86. The van der Waals surface area contributed by atoms with E-state index in [1.54, 1.807) is 12.1 Å². The lowest BCUT2D eigenvalue weighted by atomic mass is 10.1. The molecule has 0 unspecified atom stereocenters. The van der Waals surface area contributed by atoms with E-state index in [-0.39, 0.29) is 5.91 Å². The molecule has 5 heteroatoms. The van der Waals surface area contributed by atoms with Gasteiger partial charge in [0.25, 0.3) is 5.91 Å². The van der Waals surface area contributed by atoms with Crippen molar-refractivity contribution in [2.24, 2.45) is 0 Å². The molecule has 3 aromatic rings. The summed E-state index contributed by atoms with van der Waals surface area (Å²) in [4.78, 5) is 16.5. The molecule has 1 aromatic heterocycles. The van der Waals surface area contributed by atoms with E-state index in [1.165, 1.54) is 11.3 Å². The van der Waals surface area contributed by atoms with E-state index in [4.69, 9.17) is 5.73 Å². The van der Waals surface area contributed by atoms with E-state index < -0.39 is 0 Å². The van der Waals surface area contributed by atoms with Gasteiger partial charge in [-0.1, -0.05) is 29.5 Å². The van der Waals surface area contributed by atoms with Crippen LogP contribution in [-0.2, 0) is 0 Å². The molecule has 100 valence electrons. The van der Waals surface area contributed by atoms with Crippen molar-refractivity contribution in [1.82, 2.24) is 4.98 Å². The molecular formula is C15H13N3OS. The molecule has 0 fully saturated rings. The second-order valence-corrected chi connectivity index (χ2v) is 5.54. The van der Waals surface area contributed by atoms with Gasteiger partial charge in [0.2, 0.25) is 0 Å². The molecule has 0 saturated carbocycles. The molecule has 0 aliphatic carbocycles. The monoisotopic (exact) mass is 283 g/mol. The molecule has 4 nitrogen and oxygen atoms in total. The predicted octanol–water partition coefficient (Wildman–Crippen LogP) is 3.44. The molecule has 3 N–H and O–H groups in total. The highest BCUT2D eigenvalue weighted by atomic mass is 32.1. The molecule has 1 amide bonds. The first-order valence-electron chi connectivity index (χ1n) is 6.16. The third-order valence-electron chi connectivity index (χ3n) is 3.06. The van der Waals surface area contributed by atoms with Gasteiger partial charge < -0.3 is 5.73 Å². The number of thiazole rings is 1. The minimum atomic E-state index is -0.198. The van der Waals surface area contributed by atoms with Crippen LogP contribution in [0.15, 0.2) is 42.5 Å². The number of nitrogens with two attached hydrogens (primary N) is 1. The number of hydrogen-bond donors (Lipinski definition) is 2. The van der Waals surface area contributed by atoms with Gasteiger partial charge in [-0.25, -0.2) is 4.98 Å². The fraction of sp³-hybridized carbons (Fsp3) is 0.0667. The highest BCUT2D eigenvalue weighted by molar-refractivity contribution is 7.22.